The summed E-state index contributed by atoms with van der Waals surface area (Å²) >= 11 is 1.79. The topological polar surface area (TPSA) is 32.3 Å². The molecule has 0 saturated heterocycles. The number of hydrogen-bond acceptors (Lipinski definition) is 3. The number of rotatable bonds is 6. The van der Waals surface area contributed by atoms with E-state index in [1.807, 2.05) is 18.2 Å². The Labute approximate surface area is 112 Å². The van der Waals surface area contributed by atoms with E-state index in [4.69, 9.17) is 0 Å². The van der Waals surface area contributed by atoms with Gasteiger partial charge in [-0.05, 0) is 23.9 Å². The van der Waals surface area contributed by atoms with Crippen LogP contribution in [0.4, 0.5) is 0 Å². The van der Waals surface area contributed by atoms with Crippen molar-refractivity contribution < 1.29 is 5.11 Å². The molecule has 2 aromatic rings. The van der Waals surface area contributed by atoms with E-state index < -0.39 is 0 Å². The molecular weight excluding hydrogens is 242 g/mol. The molecule has 0 aliphatic carbocycles. The van der Waals surface area contributed by atoms with Crippen molar-refractivity contribution in [1.82, 2.24) is 5.32 Å². The Kier molecular flexibility index (Phi) is 4.79. The van der Waals surface area contributed by atoms with Gasteiger partial charge >= 0.3 is 0 Å². The molecule has 0 saturated carbocycles. The fourth-order valence-corrected chi connectivity index (χ4v) is 2.85. The number of phenolic OH excluding ortho intramolecular Hbond substituents is 1. The molecule has 18 heavy (non-hydrogen) atoms. The van der Waals surface area contributed by atoms with E-state index in [0.29, 0.717) is 18.3 Å². The second-order valence-corrected chi connectivity index (χ2v) is 5.35. The smallest absolute Gasteiger partial charge is 0.120 e. The maximum absolute atomic E-state index is 9.75. The molecule has 3 heteroatoms. The molecule has 96 valence electrons. The van der Waals surface area contributed by atoms with E-state index in [1.54, 1.807) is 17.4 Å². The molecule has 0 fully saturated rings. The molecule has 2 nitrogen and oxygen atoms in total. The molecule has 0 amide bonds. The van der Waals surface area contributed by atoms with E-state index >= 15 is 0 Å². The van der Waals surface area contributed by atoms with Crippen molar-refractivity contribution >= 4 is 11.3 Å². The maximum atomic E-state index is 9.75. The molecule has 1 aromatic heterocycles. The molecule has 2 N–H and O–H groups in total. The first kappa shape index (κ1) is 13.1. The van der Waals surface area contributed by atoms with Crippen molar-refractivity contribution in [2.45, 2.75) is 32.4 Å². The van der Waals surface area contributed by atoms with Gasteiger partial charge in [0, 0.05) is 23.0 Å². The first-order chi connectivity index (χ1) is 8.81. The lowest BCUT2D eigenvalue weighted by atomic mass is 10.1. The standard InChI is InChI=1S/C15H19NOS/c1-2-6-13(15-9-5-10-18-15)16-11-12-7-3-4-8-14(12)17/h3-5,7-10,13,16-17H,2,6,11H2,1H3. The molecule has 0 aliphatic heterocycles. The zero-order chi connectivity index (χ0) is 12.8. The van der Waals surface area contributed by atoms with Crippen molar-refractivity contribution in [3.05, 3.63) is 52.2 Å². The first-order valence-corrected chi connectivity index (χ1v) is 7.23. The Bertz CT molecular complexity index is 467. The fourth-order valence-electron chi connectivity index (χ4n) is 2.02. The third-order valence-corrected chi connectivity index (χ3v) is 3.98. The van der Waals surface area contributed by atoms with E-state index in [1.165, 1.54) is 4.88 Å². The van der Waals surface area contributed by atoms with Gasteiger partial charge in [0.05, 0.1) is 0 Å². The summed E-state index contributed by atoms with van der Waals surface area (Å²) in [6.45, 7) is 2.90. The van der Waals surface area contributed by atoms with Crippen LogP contribution in [-0.2, 0) is 6.54 Å². The van der Waals surface area contributed by atoms with E-state index in [0.717, 1.165) is 18.4 Å². The molecule has 1 atom stereocenters. The van der Waals surface area contributed by atoms with E-state index in [2.05, 4.69) is 29.8 Å². The van der Waals surface area contributed by atoms with Crippen LogP contribution in [0.5, 0.6) is 5.75 Å². The molecule has 0 spiro atoms. The number of nitrogens with one attached hydrogen (secondary N) is 1. The summed E-state index contributed by atoms with van der Waals surface area (Å²) in [5.41, 5.74) is 0.954. The van der Waals surface area contributed by atoms with Gasteiger partial charge in [-0.3, -0.25) is 0 Å². The highest BCUT2D eigenvalue weighted by Crippen LogP contribution is 2.24. The van der Waals surface area contributed by atoms with Crippen molar-refractivity contribution in [2.24, 2.45) is 0 Å². The zero-order valence-electron chi connectivity index (χ0n) is 10.6. The lowest BCUT2D eigenvalue weighted by Crippen LogP contribution is -2.20. The second-order valence-electron chi connectivity index (χ2n) is 4.37. The number of benzene rings is 1. The minimum Gasteiger partial charge on any atom is -0.508 e. The predicted molar refractivity (Wildman–Crippen MR) is 76.9 cm³/mol. The minimum absolute atomic E-state index is 0.367. The number of para-hydroxylation sites is 1. The Morgan fingerprint density at radius 3 is 2.72 bits per heavy atom. The monoisotopic (exact) mass is 261 g/mol. The van der Waals surface area contributed by atoms with Crippen LogP contribution in [0.2, 0.25) is 0 Å². The Morgan fingerprint density at radius 1 is 1.22 bits per heavy atom. The maximum Gasteiger partial charge on any atom is 0.120 e. The highest BCUT2D eigenvalue weighted by molar-refractivity contribution is 7.10. The molecule has 0 radical (unpaired) electrons. The highest BCUT2D eigenvalue weighted by atomic mass is 32.1. The lowest BCUT2D eigenvalue weighted by molar-refractivity contribution is 0.452. The Hall–Kier alpha value is -1.32. The van der Waals surface area contributed by atoms with Gasteiger partial charge in [0.15, 0.2) is 0 Å². The van der Waals surface area contributed by atoms with Crippen molar-refractivity contribution in [3.8, 4) is 5.75 Å². The summed E-state index contributed by atoms with van der Waals surface area (Å²) in [6, 6.07) is 12.1. The van der Waals surface area contributed by atoms with Crippen LogP contribution in [0.15, 0.2) is 41.8 Å². The third-order valence-electron chi connectivity index (χ3n) is 2.99. The third kappa shape index (κ3) is 3.34. The van der Waals surface area contributed by atoms with Crippen LogP contribution in [0.1, 0.15) is 36.2 Å². The van der Waals surface area contributed by atoms with Crippen LogP contribution < -0.4 is 5.32 Å². The minimum atomic E-state index is 0.367. The number of thiophene rings is 1. The molecule has 0 bridgehead atoms. The van der Waals surface area contributed by atoms with Crippen LogP contribution in [0, 0.1) is 0 Å². The quantitative estimate of drug-likeness (QED) is 0.821. The fraction of sp³-hybridized carbons (Fsp3) is 0.333. The van der Waals surface area contributed by atoms with Gasteiger partial charge < -0.3 is 10.4 Å². The summed E-state index contributed by atoms with van der Waals surface area (Å²) in [5, 5.41) is 15.4. The van der Waals surface area contributed by atoms with Gasteiger partial charge in [0.25, 0.3) is 0 Å². The van der Waals surface area contributed by atoms with Gasteiger partial charge in [-0.1, -0.05) is 37.6 Å². The molecule has 2 rings (SSSR count). The largest absolute Gasteiger partial charge is 0.508 e. The van der Waals surface area contributed by atoms with Crippen LogP contribution in [0.25, 0.3) is 0 Å². The SMILES string of the molecule is CCCC(NCc1ccccc1O)c1cccs1. The summed E-state index contributed by atoms with van der Waals surface area (Å²) in [5.74, 6) is 0.367. The van der Waals surface area contributed by atoms with Crippen molar-refractivity contribution in [2.75, 3.05) is 0 Å². The molecular formula is C15H19NOS. The van der Waals surface area contributed by atoms with Gasteiger partial charge in [0.1, 0.15) is 5.75 Å². The summed E-state index contributed by atoms with van der Waals surface area (Å²) in [6.07, 6.45) is 2.27. The molecule has 1 unspecified atom stereocenters. The molecule has 1 aromatic carbocycles. The van der Waals surface area contributed by atoms with Gasteiger partial charge in [-0.2, -0.15) is 0 Å². The first-order valence-electron chi connectivity index (χ1n) is 6.35. The van der Waals surface area contributed by atoms with Crippen molar-refractivity contribution in [3.63, 3.8) is 0 Å². The van der Waals surface area contributed by atoms with Crippen LogP contribution in [0.3, 0.4) is 0 Å². The average molecular weight is 261 g/mol. The van der Waals surface area contributed by atoms with Gasteiger partial charge in [0.2, 0.25) is 0 Å². The highest BCUT2D eigenvalue weighted by Gasteiger charge is 2.11. The van der Waals surface area contributed by atoms with E-state index in [-0.39, 0.29) is 0 Å². The molecule has 1 heterocycles. The lowest BCUT2D eigenvalue weighted by Gasteiger charge is -2.17. The Balaban J connectivity index is 2.00. The van der Waals surface area contributed by atoms with E-state index in [9.17, 15) is 5.11 Å². The average Bonchev–Trinajstić information content (AvgIpc) is 2.90. The normalized spacial score (nSPS) is 12.5. The van der Waals surface area contributed by atoms with Gasteiger partial charge in [-0.25, -0.2) is 0 Å². The van der Waals surface area contributed by atoms with Gasteiger partial charge in [-0.15, -0.1) is 11.3 Å². The zero-order valence-corrected chi connectivity index (χ0v) is 11.4. The predicted octanol–water partition coefficient (Wildman–Crippen LogP) is 4.08. The summed E-state index contributed by atoms with van der Waals surface area (Å²) in [4.78, 5) is 1.37. The summed E-state index contributed by atoms with van der Waals surface area (Å²) in [7, 11) is 0. The van der Waals surface area contributed by atoms with Crippen LogP contribution in [-0.4, -0.2) is 5.11 Å². The Morgan fingerprint density at radius 2 is 2.06 bits per heavy atom. The van der Waals surface area contributed by atoms with Crippen molar-refractivity contribution in [1.29, 1.82) is 0 Å². The number of phenols is 1. The second kappa shape index (κ2) is 6.57. The molecule has 0 aliphatic rings. The van der Waals surface area contributed by atoms with Crippen LogP contribution >= 0.6 is 11.3 Å². The summed E-state index contributed by atoms with van der Waals surface area (Å²) < 4.78 is 0. The number of hydrogen-bond donors (Lipinski definition) is 2. The number of aromatic hydroxyl groups is 1.